The van der Waals surface area contributed by atoms with Gasteiger partial charge < -0.3 is 25.4 Å². The number of aromatic nitrogens is 1. The molecule has 2 aliphatic heterocycles. The summed E-state index contributed by atoms with van der Waals surface area (Å²) in [5, 5.41) is 5.26. The van der Waals surface area contributed by atoms with Crippen molar-refractivity contribution < 1.29 is 19.2 Å². The summed E-state index contributed by atoms with van der Waals surface area (Å²) in [6.45, 7) is 4.65. The van der Waals surface area contributed by atoms with Crippen LogP contribution in [0.15, 0.2) is 41.0 Å². The Morgan fingerprint density at radius 3 is 2.71 bits per heavy atom. The van der Waals surface area contributed by atoms with E-state index in [4.69, 9.17) is 10.6 Å². The molecule has 0 saturated carbocycles. The number of benzene rings is 2. The molecule has 5 rings (SSSR count). The number of fused-ring (bicyclic) bond motifs is 3. The second-order valence-corrected chi connectivity index (χ2v) is 9.72. The third-order valence-corrected chi connectivity index (χ3v) is 6.94. The average molecular weight is 540 g/mol. The van der Waals surface area contributed by atoms with Gasteiger partial charge in [-0.1, -0.05) is 15.9 Å². The third-order valence-electron chi connectivity index (χ3n) is 6.45. The Morgan fingerprint density at radius 2 is 2.00 bits per heavy atom. The van der Waals surface area contributed by atoms with Crippen LogP contribution in [0.2, 0.25) is 0 Å². The zero-order valence-corrected chi connectivity index (χ0v) is 21.1. The van der Waals surface area contributed by atoms with Gasteiger partial charge in [0.15, 0.2) is 6.04 Å². The smallest absolute Gasteiger partial charge is 0.329 e. The van der Waals surface area contributed by atoms with Crippen LogP contribution in [0.1, 0.15) is 37.4 Å². The van der Waals surface area contributed by atoms with E-state index in [1.165, 1.54) is 18.9 Å². The molecule has 3 N–H and O–H groups in total. The van der Waals surface area contributed by atoms with Gasteiger partial charge in [-0.05, 0) is 55.3 Å². The molecule has 1 unspecified atom stereocenters. The van der Waals surface area contributed by atoms with Gasteiger partial charge in [0.25, 0.3) is 5.91 Å². The number of hydrogen-bond donors (Lipinski definition) is 2. The molecule has 0 radical (unpaired) electrons. The summed E-state index contributed by atoms with van der Waals surface area (Å²) in [5.74, 6) is -0.921. The van der Waals surface area contributed by atoms with Crippen LogP contribution < -0.4 is 21.0 Å². The van der Waals surface area contributed by atoms with E-state index in [9.17, 15) is 14.4 Å². The van der Waals surface area contributed by atoms with E-state index in [1.54, 1.807) is 11.0 Å². The van der Waals surface area contributed by atoms with Gasteiger partial charge in [-0.15, -0.1) is 0 Å². The Bertz CT molecular complexity index is 1370. The van der Waals surface area contributed by atoms with Crippen LogP contribution in [0.5, 0.6) is 0 Å². The topological polar surface area (TPSA) is 110 Å². The Kier molecular flexibility index (Phi) is 6.02. The first-order valence-corrected chi connectivity index (χ1v) is 12.3. The van der Waals surface area contributed by atoms with Gasteiger partial charge >= 0.3 is 5.97 Å². The molecule has 1 atom stereocenters. The van der Waals surface area contributed by atoms with Crippen molar-refractivity contribution >= 4 is 61.7 Å². The van der Waals surface area contributed by atoms with Gasteiger partial charge in [0.1, 0.15) is 5.69 Å². The number of halogens is 1. The number of hydrogen-bond acceptors (Lipinski definition) is 6. The fourth-order valence-electron chi connectivity index (χ4n) is 4.95. The van der Waals surface area contributed by atoms with E-state index >= 15 is 0 Å². The van der Waals surface area contributed by atoms with E-state index in [0.29, 0.717) is 43.0 Å². The highest BCUT2D eigenvalue weighted by Gasteiger charge is 2.40. The molecule has 2 aliphatic rings. The Balaban J connectivity index is 1.66. The van der Waals surface area contributed by atoms with Crippen molar-refractivity contribution in [1.82, 2.24) is 4.57 Å². The number of aryl methyl sites for hydroxylation is 1. The molecule has 0 saturated heterocycles. The summed E-state index contributed by atoms with van der Waals surface area (Å²) in [5.41, 5.74) is 10.2. The second-order valence-electron chi connectivity index (χ2n) is 8.80. The molecule has 0 bridgehead atoms. The van der Waals surface area contributed by atoms with Gasteiger partial charge in [0.05, 0.1) is 5.69 Å². The van der Waals surface area contributed by atoms with Gasteiger partial charge in [0, 0.05) is 59.8 Å². The average Bonchev–Trinajstić information content (AvgIpc) is 3.37. The van der Waals surface area contributed by atoms with Crippen molar-refractivity contribution in [3.05, 3.63) is 52.1 Å². The van der Waals surface area contributed by atoms with Crippen molar-refractivity contribution in [2.45, 2.75) is 39.3 Å². The molecular weight excluding hydrogens is 514 g/mol. The summed E-state index contributed by atoms with van der Waals surface area (Å²) >= 11 is 3.54. The van der Waals surface area contributed by atoms with Gasteiger partial charge in [-0.3, -0.25) is 14.4 Å². The van der Waals surface area contributed by atoms with E-state index in [2.05, 4.69) is 25.8 Å². The molecule has 3 heterocycles. The molecule has 0 aliphatic carbocycles. The van der Waals surface area contributed by atoms with Crippen LogP contribution in [-0.2, 0) is 32.2 Å². The molecule has 9 nitrogen and oxygen atoms in total. The molecule has 0 spiro atoms. The van der Waals surface area contributed by atoms with Crippen LogP contribution in [0.3, 0.4) is 0 Å². The van der Waals surface area contributed by atoms with Crippen LogP contribution in [0, 0.1) is 0 Å². The summed E-state index contributed by atoms with van der Waals surface area (Å²) in [7, 11) is 0. The number of nitrogens with two attached hydrogens (primary N) is 1. The molecule has 3 aromatic rings. The minimum atomic E-state index is -0.898. The lowest BCUT2D eigenvalue weighted by atomic mass is 10.00. The zero-order chi connectivity index (χ0) is 24.9. The minimum absolute atomic E-state index is 0.0589. The Morgan fingerprint density at radius 1 is 1.20 bits per heavy atom. The highest BCUT2D eigenvalue weighted by Crippen LogP contribution is 2.45. The first kappa shape index (κ1) is 23.4. The van der Waals surface area contributed by atoms with E-state index in [0.717, 1.165) is 33.0 Å². The minimum Gasteiger partial charge on any atom is -0.347 e. The molecule has 2 aromatic carbocycles. The molecular formula is C25H26BrN5O4. The normalized spacial score (nSPS) is 16.8. The first-order valence-electron chi connectivity index (χ1n) is 11.5. The summed E-state index contributed by atoms with van der Waals surface area (Å²) in [6, 6.07) is 8.69. The molecule has 182 valence electrons. The lowest BCUT2D eigenvalue weighted by Gasteiger charge is -2.36. The molecule has 10 heteroatoms. The van der Waals surface area contributed by atoms with E-state index in [-0.39, 0.29) is 11.8 Å². The van der Waals surface area contributed by atoms with E-state index in [1.807, 2.05) is 30.5 Å². The number of anilines is 3. The fraction of sp³-hybridized carbons (Fsp3) is 0.320. The first-order chi connectivity index (χ1) is 16.8. The predicted molar refractivity (Wildman–Crippen MR) is 137 cm³/mol. The predicted octanol–water partition coefficient (Wildman–Crippen LogP) is 3.64. The standard InChI is InChI=1S/C25H26BrN5O4/c1-14(32)30-9-6-16-10-23-20(12-22(16)30)28-25(34)24(31(23)35-15(2)33)19-13-29(8-3-7-27)21-5-4-17(26)11-18(19)21/h4-5,10-13,24H,3,6-9,27H2,1-2H3,(H,28,34). The van der Waals surface area contributed by atoms with Crippen molar-refractivity contribution in [2.75, 3.05) is 28.4 Å². The summed E-state index contributed by atoms with van der Waals surface area (Å²) in [6.07, 6.45) is 3.40. The maximum atomic E-state index is 13.6. The van der Waals surface area contributed by atoms with Gasteiger partial charge in [0.2, 0.25) is 5.91 Å². The SMILES string of the molecule is CC(=O)ON1c2cc3c(cc2NC(=O)C1c1cn(CCCN)c2ccc(Br)cc12)N(C(C)=O)CC3. The van der Waals surface area contributed by atoms with Crippen LogP contribution in [0.25, 0.3) is 10.9 Å². The van der Waals surface area contributed by atoms with Crippen molar-refractivity contribution in [2.24, 2.45) is 5.73 Å². The van der Waals surface area contributed by atoms with Gasteiger partial charge in [-0.2, -0.15) is 5.06 Å². The van der Waals surface area contributed by atoms with Crippen LogP contribution in [-0.4, -0.2) is 35.4 Å². The van der Waals surface area contributed by atoms with Crippen molar-refractivity contribution in [3.8, 4) is 0 Å². The molecule has 2 amide bonds. The van der Waals surface area contributed by atoms with Crippen LogP contribution in [0.4, 0.5) is 17.1 Å². The highest BCUT2D eigenvalue weighted by molar-refractivity contribution is 9.10. The Labute approximate surface area is 210 Å². The largest absolute Gasteiger partial charge is 0.347 e. The molecule has 35 heavy (non-hydrogen) atoms. The van der Waals surface area contributed by atoms with Crippen LogP contribution >= 0.6 is 15.9 Å². The third kappa shape index (κ3) is 4.06. The molecule has 1 aromatic heterocycles. The van der Waals surface area contributed by atoms with Crippen molar-refractivity contribution in [3.63, 3.8) is 0 Å². The summed E-state index contributed by atoms with van der Waals surface area (Å²) in [4.78, 5) is 45.1. The summed E-state index contributed by atoms with van der Waals surface area (Å²) < 4.78 is 2.95. The van der Waals surface area contributed by atoms with E-state index < -0.39 is 12.0 Å². The second kappa shape index (κ2) is 9.01. The monoisotopic (exact) mass is 539 g/mol. The maximum absolute atomic E-state index is 13.6. The number of nitrogens with zero attached hydrogens (tertiary/aromatic N) is 3. The fourth-order valence-corrected chi connectivity index (χ4v) is 5.31. The number of rotatable bonds is 5. The quantitative estimate of drug-likeness (QED) is 0.512. The number of carbonyl (C=O) groups is 3. The van der Waals surface area contributed by atoms with Crippen molar-refractivity contribution in [1.29, 1.82) is 0 Å². The number of carbonyl (C=O) groups excluding carboxylic acids is 3. The zero-order valence-electron chi connectivity index (χ0n) is 19.5. The lowest BCUT2D eigenvalue weighted by Crippen LogP contribution is -2.42. The molecule has 0 fully saturated rings. The Hall–Kier alpha value is -3.37. The highest BCUT2D eigenvalue weighted by atomic mass is 79.9. The number of nitrogens with one attached hydrogen (secondary N) is 1. The lowest BCUT2D eigenvalue weighted by molar-refractivity contribution is -0.144. The number of amides is 2. The maximum Gasteiger partial charge on any atom is 0.329 e. The van der Waals surface area contributed by atoms with Gasteiger partial charge in [-0.25, -0.2) is 0 Å². The number of hydroxylamine groups is 1.